The Hall–Kier alpha value is -0.990. The van der Waals surface area contributed by atoms with Gasteiger partial charge in [-0.15, -0.1) is 0 Å². The minimum absolute atomic E-state index is 0.0623. The summed E-state index contributed by atoms with van der Waals surface area (Å²) in [6, 6.07) is 0.598. The van der Waals surface area contributed by atoms with Crippen LogP contribution in [0.15, 0.2) is 0 Å². The SMILES string of the molecule is CC(C)(C)Cc1nc(C(C)(C)C)n(C2CC2)c1N. The molecule has 1 aromatic heterocycles. The second-order valence-electron chi connectivity index (χ2n) is 7.86. The minimum Gasteiger partial charge on any atom is -0.384 e. The van der Waals surface area contributed by atoms with Gasteiger partial charge in [-0.3, -0.25) is 0 Å². The predicted octanol–water partition coefficient (Wildman–Crippen LogP) is 3.69. The van der Waals surface area contributed by atoms with E-state index in [0.29, 0.717) is 6.04 Å². The number of nitrogen functional groups attached to an aromatic ring is 1. The molecule has 0 bridgehead atoms. The number of aromatic nitrogens is 2. The second-order valence-corrected chi connectivity index (χ2v) is 7.86. The van der Waals surface area contributed by atoms with Gasteiger partial charge in [0, 0.05) is 11.5 Å². The summed E-state index contributed by atoms with van der Waals surface area (Å²) < 4.78 is 2.29. The van der Waals surface area contributed by atoms with Crippen molar-refractivity contribution in [3.63, 3.8) is 0 Å². The first-order chi connectivity index (χ1) is 8.09. The summed E-state index contributed by atoms with van der Waals surface area (Å²) >= 11 is 0. The molecule has 0 unspecified atom stereocenters. The number of hydrogen-bond donors (Lipinski definition) is 1. The van der Waals surface area contributed by atoms with Crippen LogP contribution in [0.5, 0.6) is 0 Å². The van der Waals surface area contributed by atoms with E-state index >= 15 is 0 Å². The van der Waals surface area contributed by atoms with E-state index in [1.807, 2.05) is 0 Å². The summed E-state index contributed by atoms with van der Waals surface area (Å²) in [6.45, 7) is 13.4. The van der Waals surface area contributed by atoms with Gasteiger partial charge >= 0.3 is 0 Å². The number of nitrogens with two attached hydrogens (primary N) is 1. The molecule has 102 valence electrons. The average Bonchev–Trinajstić information content (AvgIpc) is 2.91. The van der Waals surface area contributed by atoms with Crippen LogP contribution in [-0.4, -0.2) is 9.55 Å². The van der Waals surface area contributed by atoms with Crippen LogP contribution in [0, 0.1) is 5.41 Å². The van der Waals surface area contributed by atoms with E-state index in [2.05, 4.69) is 46.1 Å². The van der Waals surface area contributed by atoms with Gasteiger partial charge in [0.2, 0.25) is 0 Å². The fourth-order valence-corrected chi connectivity index (χ4v) is 2.36. The zero-order valence-corrected chi connectivity index (χ0v) is 12.7. The zero-order chi connectivity index (χ0) is 13.7. The first-order valence-corrected chi connectivity index (χ1v) is 6.96. The van der Waals surface area contributed by atoms with E-state index in [-0.39, 0.29) is 10.8 Å². The van der Waals surface area contributed by atoms with Crippen molar-refractivity contribution in [2.24, 2.45) is 5.41 Å². The average molecular weight is 249 g/mol. The maximum absolute atomic E-state index is 6.35. The Labute approximate surface area is 111 Å². The highest BCUT2D eigenvalue weighted by atomic mass is 15.2. The molecule has 1 fully saturated rings. The molecule has 1 saturated carbocycles. The fraction of sp³-hybridized carbons (Fsp3) is 0.800. The summed E-state index contributed by atoms with van der Waals surface area (Å²) in [5, 5.41) is 0. The van der Waals surface area contributed by atoms with Crippen LogP contribution in [0.3, 0.4) is 0 Å². The van der Waals surface area contributed by atoms with E-state index in [4.69, 9.17) is 10.7 Å². The molecule has 1 aromatic rings. The van der Waals surface area contributed by atoms with Gasteiger partial charge in [-0.25, -0.2) is 4.98 Å². The van der Waals surface area contributed by atoms with Crippen molar-refractivity contribution in [2.75, 3.05) is 5.73 Å². The molecule has 0 aliphatic heterocycles. The number of nitrogens with zero attached hydrogens (tertiary/aromatic N) is 2. The monoisotopic (exact) mass is 249 g/mol. The molecule has 0 aromatic carbocycles. The molecule has 3 nitrogen and oxygen atoms in total. The van der Waals surface area contributed by atoms with E-state index in [0.717, 1.165) is 23.8 Å². The summed E-state index contributed by atoms with van der Waals surface area (Å²) in [7, 11) is 0. The van der Waals surface area contributed by atoms with Gasteiger partial charge in [-0.1, -0.05) is 41.5 Å². The van der Waals surface area contributed by atoms with Gasteiger partial charge < -0.3 is 10.3 Å². The topological polar surface area (TPSA) is 43.8 Å². The van der Waals surface area contributed by atoms with Crippen molar-refractivity contribution in [1.82, 2.24) is 9.55 Å². The highest BCUT2D eigenvalue weighted by molar-refractivity contribution is 5.41. The third kappa shape index (κ3) is 2.70. The van der Waals surface area contributed by atoms with Crippen molar-refractivity contribution in [3.8, 4) is 0 Å². The van der Waals surface area contributed by atoms with Crippen LogP contribution >= 0.6 is 0 Å². The standard InChI is InChI=1S/C15H27N3/c1-14(2,3)9-11-12(16)18(10-7-8-10)13(17-11)15(4,5)6/h10H,7-9,16H2,1-6H3. The van der Waals surface area contributed by atoms with Gasteiger partial charge in [-0.2, -0.15) is 0 Å². The molecule has 0 atom stereocenters. The highest BCUT2D eigenvalue weighted by Gasteiger charge is 2.34. The molecular formula is C15H27N3. The second kappa shape index (κ2) is 4.01. The summed E-state index contributed by atoms with van der Waals surface area (Å²) in [5.74, 6) is 2.05. The Balaban J connectivity index is 2.44. The number of rotatable bonds is 2. The lowest BCUT2D eigenvalue weighted by atomic mass is 9.90. The van der Waals surface area contributed by atoms with E-state index in [9.17, 15) is 0 Å². The lowest BCUT2D eigenvalue weighted by molar-refractivity contribution is 0.406. The quantitative estimate of drug-likeness (QED) is 0.868. The number of anilines is 1. The molecule has 1 aliphatic carbocycles. The third-order valence-corrected chi connectivity index (χ3v) is 3.30. The Morgan fingerprint density at radius 2 is 1.72 bits per heavy atom. The van der Waals surface area contributed by atoms with Gasteiger partial charge in [0.1, 0.15) is 11.6 Å². The van der Waals surface area contributed by atoms with Gasteiger partial charge in [-0.05, 0) is 24.7 Å². The fourth-order valence-electron chi connectivity index (χ4n) is 2.36. The third-order valence-electron chi connectivity index (χ3n) is 3.30. The van der Waals surface area contributed by atoms with Crippen molar-refractivity contribution in [1.29, 1.82) is 0 Å². The molecular weight excluding hydrogens is 222 g/mol. The van der Waals surface area contributed by atoms with E-state index < -0.39 is 0 Å². The molecule has 3 heteroatoms. The van der Waals surface area contributed by atoms with Crippen LogP contribution < -0.4 is 5.73 Å². The van der Waals surface area contributed by atoms with Crippen molar-refractivity contribution in [3.05, 3.63) is 11.5 Å². The Kier molecular flexibility index (Phi) is 2.99. The van der Waals surface area contributed by atoms with Crippen molar-refractivity contribution in [2.45, 2.75) is 72.3 Å². The first-order valence-electron chi connectivity index (χ1n) is 6.96. The number of hydrogen-bond acceptors (Lipinski definition) is 2. The van der Waals surface area contributed by atoms with Crippen LogP contribution in [0.4, 0.5) is 5.82 Å². The zero-order valence-electron chi connectivity index (χ0n) is 12.7. The molecule has 2 N–H and O–H groups in total. The van der Waals surface area contributed by atoms with Crippen LogP contribution in [0.2, 0.25) is 0 Å². The molecule has 0 amide bonds. The lowest BCUT2D eigenvalue weighted by Gasteiger charge is -2.20. The Morgan fingerprint density at radius 3 is 2.11 bits per heavy atom. The van der Waals surface area contributed by atoms with Crippen LogP contribution in [-0.2, 0) is 11.8 Å². The molecule has 0 radical (unpaired) electrons. The molecule has 1 aliphatic rings. The first kappa shape index (κ1) is 13.4. The largest absolute Gasteiger partial charge is 0.384 e. The maximum atomic E-state index is 6.35. The number of imidazole rings is 1. The molecule has 1 heterocycles. The summed E-state index contributed by atoms with van der Waals surface area (Å²) in [4.78, 5) is 4.87. The van der Waals surface area contributed by atoms with E-state index in [1.165, 1.54) is 12.8 Å². The Morgan fingerprint density at radius 1 is 1.17 bits per heavy atom. The van der Waals surface area contributed by atoms with Crippen molar-refractivity contribution >= 4 is 5.82 Å². The normalized spacial score (nSPS) is 17.2. The molecule has 0 spiro atoms. The van der Waals surface area contributed by atoms with Gasteiger partial charge in [0.25, 0.3) is 0 Å². The summed E-state index contributed by atoms with van der Waals surface area (Å²) in [6.07, 6.45) is 3.44. The van der Waals surface area contributed by atoms with Gasteiger partial charge in [0.05, 0.1) is 5.69 Å². The lowest BCUT2D eigenvalue weighted by Crippen LogP contribution is -2.19. The van der Waals surface area contributed by atoms with Crippen molar-refractivity contribution < 1.29 is 0 Å². The minimum atomic E-state index is 0.0623. The summed E-state index contributed by atoms with van der Waals surface area (Å²) in [5.41, 5.74) is 7.72. The molecule has 2 rings (SSSR count). The van der Waals surface area contributed by atoms with E-state index in [1.54, 1.807) is 0 Å². The smallest absolute Gasteiger partial charge is 0.127 e. The predicted molar refractivity (Wildman–Crippen MR) is 76.8 cm³/mol. The molecule has 0 saturated heterocycles. The van der Waals surface area contributed by atoms with Gasteiger partial charge in [0.15, 0.2) is 0 Å². The van der Waals surface area contributed by atoms with Crippen LogP contribution in [0.25, 0.3) is 0 Å². The maximum Gasteiger partial charge on any atom is 0.127 e. The van der Waals surface area contributed by atoms with Crippen LogP contribution in [0.1, 0.15) is 71.9 Å². The highest BCUT2D eigenvalue weighted by Crippen LogP contribution is 2.42. The molecule has 18 heavy (non-hydrogen) atoms. The Bertz CT molecular complexity index is 440.